The van der Waals surface area contributed by atoms with Gasteiger partial charge >= 0.3 is 6.18 Å². The highest BCUT2D eigenvalue weighted by Gasteiger charge is 2.34. The number of nitrogens with one attached hydrogen (secondary N) is 1. The fourth-order valence-electron chi connectivity index (χ4n) is 2.69. The largest absolute Gasteiger partial charge is 0.418 e. The summed E-state index contributed by atoms with van der Waals surface area (Å²) in [7, 11) is 1.74. The van der Waals surface area contributed by atoms with Crippen LogP contribution in [-0.4, -0.2) is 30.9 Å². The Kier molecular flexibility index (Phi) is 5.59. The van der Waals surface area contributed by atoms with Crippen molar-refractivity contribution in [1.29, 1.82) is 0 Å². The van der Waals surface area contributed by atoms with Crippen LogP contribution in [0.1, 0.15) is 19.4 Å². The molecule has 1 N–H and O–H groups in total. The average Bonchev–Trinajstić information content (AvgIpc) is 3.01. The summed E-state index contributed by atoms with van der Waals surface area (Å²) in [5.74, 6) is -0.669. The minimum atomic E-state index is -4.56. The number of alkyl halides is 3. The SMILES string of the molecule is CC(C)[C@H](Sc1ncnc2c1cnn2C)C(=O)Nc1ccccc1C(F)(F)F. The zero-order valence-corrected chi connectivity index (χ0v) is 16.2. The van der Waals surface area contributed by atoms with Crippen LogP contribution in [-0.2, 0) is 18.0 Å². The summed E-state index contributed by atoms with van der Waals surface area (Å²) in [5, 5.41) is 7.15. The molecule has 1 aromatic carbocycles. The number of anilines is 1. The van der Waals surface area contributed by atoms with Crippen LogP contribution in [0.3, 0.4) is 0 Å². The van der Waals surface area contributed by atoms with Gasteiger partial charge in [0.05, 0.1) is 28.1 Å². The summed E-state index contributed by atoms with van der Waals surface area (Å²) in [6.45, 7) is 3.66. The molecular weight excluding hydrogens is 391 g/mol. The summed E-state index contributed by atoms with van der Waals surface area (Å²) in [6, 6.07) is 4.92. The molecule has 3 rings (SSSR count). The molecule has 0 spiro atoms. The standard InChI is InChI=1S/C18H18F3N5OS/c1-10(2)14(28-17-11-8-24-26(3)15(11)22-9-23-17)16(27)25-13-7-5-4-6-12(13)18(19,20)21/h4-10,14H,1-3H3,(H,25,27)/t14-/m0/s1. The van der Waals surface area contributed by atoms with Gasteiger partial charge in [0.2, 0.25) is 5.91 Å². The summed E-state index contributed by atoms with van der Waals surface area (Å²) in [5.41, 5.74) is -0.532. The third-order valence-corrected chi connectivity index (χ3v) is 5.65. The lowest BCUT2D eigenvalue weighted by Gasteiger charge is -2.21. The Morgan fingerprint density at radius 2 is 1.93 bits per heavy atom. The number of halogens is 3. The van der Waals surface area contributed by atoms with Crippen LogP contribution in [0.25, 0.3) is 11.0 Å². The maximum absolute atomic E-state index is 13.2. The van der Waals surface area contributed by atoms with Crippen LogP contribution in [0.2, 0.25) is 0 Å². The van der Waals surface area contributed by atoms with Gasteiger partial charge in [-0.3, -0.25) is 9.48 Å². The maximum atomic E-state index is 13.2. The van der Waals surface area contributed by atoms with Crippen molar-refractivity contribution in [2.45, 2.75) is 30.3 Å². The van der Waals surface area contributed by atoms with Gasteiger partial charge in [0.1, 0.15) is 11.4 Å². The molecule has 3 aromatic rings. The lowest BCUT2D eigenvalue weighted by molar-refractivity contribution is -0.137. The van der Waals surface area contributed by atoms with Crippen molar-refractivity contribution >= 4 is 34.4 Å². The minimum absolute atomic E-state index is 0.148. The normalized spacial score (nSPS) is 13.1. The van der Waals surface area contributed by atoms with Crippen molar-refractivity contribution in [3.63, 3.8) is 0 Å². The molecule has 2 aromatic heterocycles. The first-order valence-electron chi connectivity index (χ1n) is 8.45. The van der Waals surface area contributed by atoms with Gasteiger partial charge in [0, 0.05) is 7.05 Å². The van der Waals surface area contributed by atoms with E-state index in [1.165, 1.54) is 36.3 Å². The Hall–Kier alpha value is -2.62. The van der Waals surface area contributed by atoms with Crippen LogP contribution >= 0.6 is 11.8 Å². The molecule has 0 aliphatic carbocycles. The highest BCUT2D eigenvalue weighted by atomic mass is 32.2. The number of thioether (sulfide) groups is 1. The number of fused-ring (bicyclic) bond motifs is 1. The predicted molar refractivity (Wildman–Crippen MR) is 101 cm³/mol. The fourth-order valence-corrected chi connectivity index (χ4v) is 3.75. The number of amides is 1. The van der Waals surface area contributed by atoms with Crippen molar-refractivity contribution in [3.8, 4) is 0 Å². The third kappa shape index (κ3) is 4.11. The van der Waals surface area contributed by atoms with Crippen LogP contribution in [0, 0.1) is 5.92 Å². The van der Waals surface area contributed by atoms with Crippen molar-refractivity contribution < 1.29 is 18.0 Å². The van der Waals surface area contributed by atoms with Gasteiger partial charge in [0.25, 0.3) is 0 Å². The second-order valence-electron chi connectivity index (χ2n) is 6.50. The molecule has 0 saturated carbocycles. The van der Waals surface area contributed by atoms with E-state index in [0.29, 0.717) is 16.1 Å². The van der Waals surface area contributed by atoms with E-state index < -0.39 is 22.9 Å². The fraction of sp³-hybridized carbons (Fsp3) is 0.333. The zero-order valence-electron chi connectivity index (χ0n) is 15.4. The molecule has 1 atom stereocenters. The average molecular weight is 409 g/mol. The summed E-state index contributed by atoms with van der Waals surface area (Å²) in [4.78, 5) is 21.2. The Labute approximate surface area is 163 Å². The van der Waals surface area contributed by atoms with Gasteiger partial charge in [-0.25, -0.2) is 9.97 Å². The maximum Gasteiger partial charge on any atom is 0.418 e. The molecular formula is C18H18F3N5OS. The second-order valence-corrected chi connectivity index (χ2v) is 7.63. The molecule has 28 heavy (non-hydrogen) atoms. The number of carbonyl (C=O) groups is 1. The van der Waals surface area contributed by atoms with Gasteiger partial charge in [-0.2, -0.15) is 18.3 Å². The Morgan fingerprint density at radius 1 is 1.21 bits per heavy atom. The molecule has 0 radical (unpaired) electrons. The molecule has 0 saturated heterocycles. The quantitative estimate of drug-likeness (QED) is 0.507. The summed E-state index contributed by atoms with van der Waals surface area (Å²) >= 11 is 1.18. The molecule has 0 aliphatic heterocycles. The molecule has 6 nitrogen and oxygen atoms in total. The first-order valence-corrected chi connectivity index (χ1v) is 9.33. The van der Waals surface area contributed by atoms with Crippen molar-refractivity contribution in [2.24, 2.45) is 13.0 Å². The van der Waals surface area contributed by atoms with Gasteiger partial charge in [-0.1, -0.05) is 37.7 Å². The van der Waals surface area contributed by atoms with Crippen LogP contribution in [0.15, 0.2) is 41.8 Å². The molecule has 0 bridgehead atoms. The van der Waals surface area contributed by atoms with E-state index in [1.807, 2.05) is 13.8 Å². The van der Waals surface area contributed by atoms with E-state index >= 15 is 0 Å². The Morgan fingerprint density at radius 3 is 2.61 bits per heavy atom. The topological polar surface area (TPSA) is 72.7 Å². The third-order valence-electron chi connectivity index (χ3n) is 4.09. The lowest BCUT2D eigenvalue weighted by Crippen LogP contribution is -2.30. The Bertz CT molecular complexity index is 1000. The van der Waals surface area contributed by atoms with Crippen LogP contribution < -0.4 is 5.32 Å². The first-order chi connectivity index (χ1) is 13.2. The highest BCUT2D eigenvalue weighted by molar-refractivity contribution is 8.00. The molecule has 0 unspecified atom stereocenters. The lowest BCUT2D eigenvalue weighted by atomic mass is 10.1. The van der Waals surface area contributed by atoms with Crippen LogP contribution in [0.5, 0.6) is 0 Å². The molecule has 2 heterocycles. The molecule has 148 valence electrons. The smallest absolute Gasteiger partial charge is 0.325 e. The van der Waals surface area contributed by atoms with E-state index in [0.717, 1.165) is 6.07 Å². The van der Waals surface area contributed by atoms with Crippen molar-refractivity contribution in [3.05, 3.63) is 42.4 Å². The molecule has 1 amide bonds. The monoisotopic (exact) mass is 409 g/mol. The number of nitrogens with zero attached hydrogens (tertiary/aromatic N) is 4. The van der Waals surface area contributed by atoms with E-state index in [4.69, 9.17) is 0 Å². The number of aromatic nitrogens is 4. The van der Waals surface area contributed by atoms with E-state index in [1.54, 1.807) is 17.9 Å². The van der Waals surface area contributed by atoms with E-state index in [9.17, 15) is 18.0 Å². The van der Waals surface area contributed by atoms with Gasteiger partial charge < -0.3 is 5.32 Å². The van der Waals surface area contributed by atoms with Gasteiger partial charge in [0.15, 0.2) is 5.65 Å². The second kappa shape index (κ2) is 7.78. The number of benzene rings is 1. The number of aryl methyl sites for hydroxylation is 1. The number of hydrogen-bond acceptors (Lipinski definition) is 5. The molecule has 0 aliphatic rings. The number of carbonyl (C=O) groups excluding carboxylic acids is 1. The van der Waals surface area contributed by atoms with Gasteiger partial charge in [-0.05, 0) is 18.1 Å². The van der Waals surface area contributed by atoms with E-state index in [2.05, 4.69) is 20.4 Å². The zero-order chi connectivity index (χ0) is 20.5. The van der Waals surface area contributed by atoms with Crippen LogP contribution in [0.4, 0.5) is 18.9 Å². The minimum Gasteiger partial charge on any atom is -0.325 e. The summed E-state index contributed by atoms with van der Waals surface area (Å²) in [6.07, 6.45) is -1.58. The van der Waals surface area contributed by atoms with E-state index in [-0.39, 0.29) is 11.6 Å². The number of para-hydroxylation sites is 1. The van der Waals surface area contributed by atoms with Gasteiger partial charge in [-0.15, -0.1) is 0 Å². The highest BCUT2D eigenvalue weighted by Crippen LogP contribution is 2.36. The Balaban J connectivity index is 1.88. The number of hydrogen-bond donors (Lipinski definition) is 1. The molecule has 10 heteroatoms. The predicted octanol–water partition coefficient (Wildman–Crippen LogP) is 4.14. The number of rotatable bonds is 5. The molecule has 0 fully saturated rings. The summed E-state index contributed by atoms with van der Waals surface area (Å²) < 4.78 is 41.2. The first kappa shape index (κ1) is 20.1. The van der Waals surface area contributed by atoms with Crippen molar-refractivity contribution in [1.82, 2.24) is 19.7 Å². The van der Waals surface area contributed by atoms with Crippen molar-refractivity contribution in [2.75, 3.05) is 5.32 Å².